The largest absolute Gasteiger partial charge is 0.311 e. The summed E-state index contributed by atoms with van der Waals surface area (Å²) in [6, 6.07) is 10.1. The summed E-state index contributed by atoms with van der Waals surface area (Å²) in [4.78, 5) is 10.9. The monoisotopic (exact) mass is 364 g/mol. The van der Waals surface area contributed by atoms with E-state index in [-0.39, 0.29) is 5.92 Å². The summed E-state index contributed by atoms with van der Waals surface area (Å²) in [6.07, 6.45) is 10.8. The third kappa shape index (κ3) is 3.06. The Balaban J connectivity index is 2.02. The Morgan fingerprint density at radius 3 is 2.69 bits per heavy atom. The van der Waals surface area contributed by atoms with Gasteiger partial charge in [0.15, 0.2) is 0 Å². The van der Waals surface area contributed by atoms with Crippen LogP contribution in [0.5, 0.6) is 0 Å². The van der Waals surface area contributed by atoms with Gasteiger partial charge >= 0.3 is 0 Å². The van der Waals surface area contributed by atoms with Crippen molar-refractivity contribution >= 4 is 28.7 Å². The van der Waals surface area contributed by atoms with Gasteiger partial charge in [0, 0.05) is 52.9 Å². The lowest BCUT2D eigenvalue weighted by atomic mass is 9.95. The number of rotatable bonds is 4. The number of aromatic nitrogens is 2. The van der Waals surface area contributed by atoms with Crippen molar-refractivity contribution in [2.24, 2.45) is 4.99 Å². The van der Waals surface area contributed by atoms with Crippen LogP contribution in [0, 0.1) is 0 Å². The number of pyridine rings is 1. The van der Waals surface area contributed by atoms with Gasteiger partial charge in [-0.05, 0) is 56.4 Å². The number of benzene rings is 1. The predicted molar refractivity (Wildman–Crippen MR) is 108 cm³/mol. The second-order valence-electron chi connectivity index (χ2n) is 6.82. The lowest BCUT2D eigenvalue weighted by molar-refractivity contribution is 0.401. The molecule has 1 aliphatic rings. The van der Waals surface area contributed by atoms with Gasteiger partial charge in [-0.3, -0.25) is 9.98 Å². The van der Waals surface area contributed by atoms with Crippen LogP contribution >= 0.6 is 11.6 Å². The molecule has 3 heterocycles. The molecule has 5 heteroatoms. The van der Waals surface area contributed by atoms with Gasteiger partial charge < -0.3 is 9.47 Å². The molecule has 0 fully saturated rings. The SMILES string of the molecule is CN(C)Cc1c(C2C=CN=CC2)n(-c2ccc(Cl)cc2)c2cnccc12. The van der Waals surface area contributed by atoms with E-state index in [2.05, 4.69) is 57.8 Å². The average Bonchev–Trinajstić information content (AvgIpc) is 2.97. The van der Waals surface area contributed by atoms with Crippen molar-refractivity contribution in [1.29, 1.82) is 0 Å². The van der Waals surface area contributed by atoms with Crippen LogP contribution in [0.3, 0.4) is 0 Å². The van der Waals surface area contributed by atoms with Gasteiger partial charge in [0.25, 0.3) is 0 Å². The molecule has 0 amide bonds. The number of halogens is 1. The number of hydrogen-bond donors (Lipinski definition) is 0. The average molecular weight is 365 g/mol. The molecule has 132 valence electrons. The molecule has 0 saturated carbocycles. The summed E-state index contributed by atoms with van der Waals surface area (Å²) in [5, 5.41) is 1.98. The Labute approximate surface area is 158 Å². The third-order valence-electron chi connectivity index (χ3n) is 4.70. The van der Waals surface area contributed by atoms with Crippen LogP contribution in [-0.2, 0) is 6.54 Å². The number of nitrogens with zero attached hydrogens (tertiary/aromatic N) is 4. The summed E-state index contributed by atoms with van der Waals surface area (Å²) in [5.74, 6) is 0.283. The zero-order valence-electron chi connectivity index (χ0n) is 14.9. The number of fused-ring (bicyclic) bond motifs is 1. The van der Waals surface area contributed by atoms with Crippen LogP contribution in [0.4, 0.5) is 0 Å². The van der Waals surface area contributed by atoms with Gasteiger partial charge in [-0.1, -0.05) is 17.7 Å². The van der Waals surface area contributed by atoms with E-state index in [4.69, 9.17) is 11.6 Å². The van der Waals surface area contributed by atoms with Crippen LogP contribution < -0.4 is 0 Å². The maximum atomic E-state index is 6.12. The molecule has 1 aromatic carbocycles. The van der Waals surface area contributed by atoms with Crippen LogP contribution in [0.1, 0.15) is 23.6 Å². The topological polar surface area (TPSA) is 33.4 Å². The summed E-state index contributed by atoms with van der Waals surface area (Å²) in [7, 11) is 4.21. The highest BCUT2D eigenvalue weighted by Crippen LogP contribution is 2.37. The fourth-order valence-corrected chi connectivity index (χ4v) is 3.76. The number of allylic oxidation sites excluding steroid dienone is 1. The molecule has 4 rings (SSSR count). The van der Waals surface area contributed by atoms with E-state index in [0.29, 0.717) is 0 Å². The van der Waals surface area contributed by atoms with E-state index in [1.54, 1.807) is 0 Å². The molecule has 3 aromatic rings. The fraction of sp³-hybridized carbons (Fsp3) is 0.238. The van der Waals surface area contributed by atoms with Crippen molar-refractivity contribution in [2.75, 3.05) is 14.1 Å². The Bertz CT molecular complexity index is 983. The Kier molecular flexibility index (Phi) is 4.62. The van der Waals surface area contributed by atoms with Crippen molar-refractivity contribution in [1.82, 2.24) is 14.5 Å². The van der Waals surface area contributed by atoms with Crippen LogP contribution in [0.25, 0.3) is 16.6 Å². The molecule has 2 aromatic heterocycles. The van der Waals surface area contributed by atoms with E-state index in [1.807, 2.05) is 36.9 Å². The summed E-state index contributed by atoms with van der Waals surface area (Å²) in [6.45, 7) is 0.873. The first-order valence-corrected chi connectivity index (χ1v) is 9.09. The third-order valence-corrected chi connectivity index (χ3v) is 4.95. The highest BCUT2D eigenvalue weighted by atomic mass is 35.5. The molecule has 0 radical (unpaired) electrons. The summed E-state index contributed by atoms with van der Waals surface area (Å²) >= 11 is 6.12. The highest BCUT2D eigenvalue weighted by molar-refractivity contribution is 6.30. The van der Waals surface area contributed by atoms with E-state index in [0.717, 1.165) is 29.2 Å². The number of aliphatic imine (C=N–C) groups is 1. The van der Waals surface area contributed by atoms with Gasteiger partial charge in [0.1, 0.15) is 0 Å². The van der Waals surface area contributed by atoms with Crippen molar-refractivity contribution in [3.8, 4) is 5.69 Å². The molecule has 0 N–H and O–H groups in total. The molecule has 1 atom stereocenters. The highest BCUT2D eigenvalue weighted by Gasteiger charge is 2.24. The Morgan fingerprint density at radius 2 is 2.00 bits per heavy atom. The van der Waals surface area contributed by atoms with Gasteiger partial charge in [-0.25, -0.2) is 0 Å². The quantitative estimate of drug-likeness (QED) is 0.665. The standard InChI is InChI=1S/C21H21ClN4/c1-25(2)14-19-18-9-12-24-13-20(18)26(17-5-3-16(22)4-6-17)21(19)15-7-10-23-11-8-15/h3-7,9-13,15H,8,14H2,1-2H3. The molecule has 4 nitrogen and oxygen atoms in total. The first-order chi connectivity index (χ1) is 12.6. The maximum absolute atomic E-state index is 6.12. The normalized spacial score (nSPS) is 16.7. The second-order valence-corrected chi connectivity index (χ2v) is 7.26. The fourth-order valence-electron chi connectivity index (χ4n) is 3.63. The van der Waals surface area contributed by atoms with Gasteiger partial charge in [0.2, 0.25) is 0 Å². The minimum atomic E-state index is 0.283. The van der Waals surface area contributed by atoms with Gasteiger partial charge in [0.05, 0.1) is 11.7 Å². The zero-order chi connectivity index (χ0) is 18.1. The molecule has 0 saturated heterocycles. The molecule has 26 heavy (non-hydrogen) atoms. The van der Waals surface area contributed by atoms with E-state index in [1.165, 1.54) is 16.6 Å². The molecule has 1 unspecified atom stereocenters. The molecular weight excluding hydrogens is 344 g/mol. The van der Waals surface area contributed by atoms with Crippen molar-refractivity contribution in [3.05, 3.63) is 71.3 Å². The van der Waals surface area contributed by atoms with Crippen molar-refractivity contribution in [3.63, 3.8) is 0 Å². The molecule has 0 spiro atoms. The molecule has 0 bridgehead atoms. The van der Waals surface area contributed by atoms with Crippen LogP contribution in [0.15, 0.2) is 60.0 Å². The minimum Gasteiger partial charge on any atom is -0.311 e. The van der Waals surface area contributed by atoms with Gasteiger partial charge in [-0.2, -0.15) is 0 Å². The lowest BCUT2D eigenvalue weighted by Gasteiger charge is -2.21. The zero-order valence-corrected chi connectivity index (χ0v) is 15.7. The number of hydrogen-bond acceptors (Lipinski definition) is 3. The first kappa shape index (κ1) is 17.0. The predicted octanol–water partition coefficient (Wildman–Crippen LogP) is 4.81. The van der Waals surface area contributed by atoms with Gasteiger partial charge in [-0.15, -0.1) is 0 Å². The van der Waals surface area contributed by atoms with E-state index >= 15 is 0 Å². The molecular formula is C21H21ClN4. The van der Waals surface area contributed by atoms with Crippen LogP contribution in [-0.4, -0.2) is 34.8 Å². The van der Waals surface area contributed by atoms with E-state index < -0.39 is 0 Å². The van der Waals surface area contributed by atoms with Crippen molar-refractivity contribution < 1.29 is 0 Å². The Morgan fingerprint density at radius 1 is 1.19 bits per heavy atom. The first-order valence-electron chi connectivity index (χ1n) is 8.71. The summed E-state index contributed by atoms with van der Waals surface area (Å²) in [5.41, 5.74) is 4.86. The molecule has 1 aliphatic heterocycles. The minimum absolute atomic E-state index is 0.283. The lowest BCUT2D eigenvalue weighted by Crippen LogP contribution is -2.15. The van der Waals surface area contributed by atoms with Crippen molar-refractivity contribution in [2.45, 2.75) is 18.9 Å². The summed E-state index contributed by atoms with van der Waals surface area (Å²) < 4.78 is 2.33. The van der Waals surface area contributed by atoms with Crippen LogP contribution in [0.2, 0.25) is 5.02 Å². The van der Waals surface area contributed by atoms with E-state index in [9.17, 15) is 0 Å². The second kappa shape index (κ2) is 7.06. The Hall–Kier alpha value is -2.43. The smallest absolute Gasteiger partial charge is 0.0718 e. The maximum Gasteiger partial charge on any atom is 0.0718 e. The molecule has 0 aliphatic carbocycles.